The van der Waals surface area contributed by atoms with Crippen molar-refractivity contribution in [2.75, 3.05) is 13.2 Å². The van der Waals surface area contributed by atoms with Gasteiger partial charge < -0.3 is 14.6 Å². The van der Waals surface area contributed by atoms with Crippen LogP contribution in [0.4, 0.5) is 0 Å². The topological polar surface area (TPSA) is 93.2 Å². The first-order valence-electron chi connectivity index (χ1n) is 8.76. The minimum absolute atomic E-state index is 0.111. The number of hydrogen-bond acceptors (Lipinski definition) is 4. The molecule has 7 heteroatoms. The van der Waals surface area contributed by atoms with Crippen molar-refractivity contribution >= 4 is 16.7 Å². The van der Waals surface area contributed by atoms with Crippen molar-refractivity contribution < 1.29 is 9.53 Å². The van der Waals surface area contributed by atoms with E-state index < -0.39 is 11.2 Å². The maximum Gasteiger partial charge on any atom is 0.328 e. The van der Waals surface area contributed by atoms with Gasteiger partial charge in [-0.15, -0.1) is 0 Å². The van der Waals surface area contributed by atoms with Gasteiger partial charge in [-0.25, -0.2) is 4.79 Å². The molecule has 0 atom stereocenters. The van der Waals surface area contributed by atoms with Gasteiger partial charge in [-0.05, 0) is 11.5 Å². The fourth-order valence-corrected chi connectivity index (χ4v) is 2.62. The molecule has 1 heterocycles. The molecule has 3 rings (SSSR count). The molecule has 2 N–H and O–H groups in total. The van der Waals surface area contributed by atoms with Crippen molar-refractivity contribution in [2.45, 2.75) is 13.0 Å². The first-order chi connectivity index (χ1) is 13.6. The van der Waals surface area contributed by atoms with Gasteiger partial charge in [0.05, 0.1) is 6.54 Å². The number of aromatic amines is 1. The second-order valence-corrected chi connectivity index (χ2v) is 5.95. The summed E-state index contributed by atoms with van der Waals surface area (Å²) in [5, 5.41) is 4.78. The second-order valence-electron chi connectivity index (χ2n) is 5.95. The molecule has 0 radical (unpaired) electrons. The number of ether oxygens (including phenoxy) is 1. The van der Waals surface area contributed by atoms with Crippen LogP contribution in [0.15, 0.2) is 64.3 Å². The molecule has 0 aliphatic heterocycles. The molecule has 28 heavy (non-hydrogen) atoms. The molecule has 7 nitrogen and oxygen atoms in total. The summed E-state index contributed by atoms with van der Waals surface area (Å²) in [5.74, 6) is 6.22. The first kappa shape index (κ1) is 19.0. The summed E-state index contributed by atoms with van der Waals surface area (Å²) < 4.78 is 6.97. The maximum absolute atomic E-state index is 11.8. The number of carbonyl (C=O) groups is 1. The molecule has 0 fully saturated rings. The molecule has 0 bridgehead atoms. The number of aryl methyl sites for hydroxylation is 1. The SMILES string of the molecule is O=C(CCn1ccc(=O)[nH]c1=O)NCC#CCOc1cccc2ccccc12. The summed E-state index contributed by atoms with van der Waals surface area (Å²) in [5.41, 5.74) is -1.00. The highest BCUT2D eigenvalue weighted by Gasteiger charge is 2.02. The molecule has 0 saturated heterocycles. The molecule has 142 valence electrons. The highest BCUT2D eigenvalue weighted by Crippen LogP contribution is 2.24. The Kier molecular flexibility index (Phi) is 6.26. The zero-order valence-electron chi connectivity index (χ0n) is 15.1. The smallest absolute Gasteiger partial charge is 0.328 e. The predicted molar refractivity (Wildman–Crippen MR) is 106 cm³/mol. The molecule has 3 aromatic rings. The zero-order valence-corrected chi connectivity index (χ0v) is 15.1. The zero-order chi connectivity index (χ0) is 19.8. The van der Waals surface area contributed by atoms with Crippen molar-refractivity contribution in [1.82, 2.24) is 14.9 Å². The molecule has 1 amide bonds. The number of benzene rings is 2. The molecular formula is C21H19N3O4. The average molecular weight is 377 g/mol. The van der Waals surface area contributed by atoms with E-state index in [-0.39, 0.29) is 32.0 Å². The summed E-state index contributed by atoms with van der Waals surface area (Å²) in [6.45, 7) is 0.591. The Morgan fingerprint density at radius 1 is 1.07 bits per heavy atom. The van der Waals surface area contributed by atoms with Crippen LogP contribution in [0.2, 0.25) is 0 Å². The highest BCUT2D eigenvalue weighted by atomic mass is 16.5. The number of aromatic nitrogens is 2. The molecule has 0 aliphatic carbocycles. The van der Waals surface area contributed by atoms with Gasteiger partial charge in [-0.2, -0.15) is 0 Å². The van der Waals surface area contributed by atoms with Crippen LogP contribution < -0.4 is 21.3 Å². The largest absolute Gasteiger partial charge is 0.480 e. The summed E-state index contributed by atoms with van der Waals surface area (Å²) >= 11 is 0. The van der Waals surface area contributed by atoms with Crippen molar-refractivity contribution in [1.29, 1.82) is 0 Å². The van der Waals surface area contributed by atoms with Crippen LogP contribution in [0.3, 0.4) is 0 Å². The van der Waals surface area contributed by atoms with E-state index in [4.69, 9.17) is 4.74 Å². The number of nitrogens with one attached hydrogen (secondary N) is 2. The Labute approximate surface area is 161 Å². The minimum Gasteiger partial charge on any atom is -0.480 e. The Morgan fingerprint density at radius 2 is 1.89 bits per heavy atom. The molecule has 1 aromatic heterocycles. The van der Waals surface area contributed by atoms with Crippen molar-refractivity contribution in [2.24, 2.45) is 0 Å². The highest BCUT2D eigenvalue weighted by molar-refractivity contribution is 5.88. The van der Waals surface area contributed by atoms with Gasteiger partial charge in [-0.1, -0.05) is 48.2 Å². The molecule has 0 spiro atoms. The summed E-state index contributed by atoms with van der Waals surface area (Å²) in [6.07, 6.45) is 1.47. The Hall–Kier alpha value is -3.79. The Balaban J connectivity index is 1.42. The third kappa shape index (κ3) is 5.11. The van der Waals surface area contributed by atoms with E-state index in [2.05, 4.69) is 22.1 Å². The van der Waals surface area contributed by atoms with Crippen LogP contribution in [0.1, 0.15) is 6.42 Å². The van der Waals surface area contributed by atoms with E-state index in [1.165, 1.54) is 16.8 Å². The quantitative estimate of drug-likeness (QED) is 0.633. The second kappa shape index (κ2) is 9.24. The standard InChI is InChI=1S/C21H19N3O4/c25-19(10-13-24-14-11-20(26)23-21(24)27)22-12-3-4-15-28-18-9-5-7-16-6-1-2-8-17(16)18/h1-2,5-9,11,14H,10,12-13,15H2,(H,22,25)(H,23,26,27). The third-order valence-corrected chi connectivity index (χ3v) is 4.03. The molecule has 0 aliphatic rings. The van der Waals surface area contributed by atoms with Gasteiger partial charge in [0.25, 0.3) is 5.56 Å². The number of fused-ring (bicyclic) bond motifs is 1. The van der Waals surface area contributed by atoms with E-state index in [9.17, 15) is 14.4 Å². The van der Waals surface area contributed by atoms with E-state index >= 15 is 0 Å². The fourth-order valence-electron chi connectivity index (χ4n) is 2.62. The number of rotatable bonds is 6. The summed E-state index contributed by atoms with van der Waals surface area (Å²) in [6, 6.07) is 15.0. The van der Waals surface area contributed by atoms with E-state index in [1.807, 2.05) is 42.5 Å². The van der Waals surface area contributed by atoms with Gasteiger partial charge in [0.1, 0.15) is 12.4 Å². The normalized spacial score (nSPS) is 10.1. The number of nitrogens with zero attached hydrogens (tertiary/aromatic N) is 1. The molecular weight excluding hydrogens is 358 g/mol. The lowest BCUT2D eigenvalue weighted by Crippen LogP contribution is -2.31. The lowest BCUT2D eigenvalue weighted by Gasteiger charge is -2.06. The van der Waals surface area contributed by atoms with Crippen LogP contribution in [0.5, 0.6) is 5.75 Å². The average Bonchev–Trinajstić information content (AvgIpc) is 2.70. The number of hydrogen-bond donors (Lipinski definition) is 2. The van der Waals surface area contributed by atoms with Gasteiger partial charge in [0, 0.05) is 30.6 Å². The van der Waals surface area contributed by atoms with Crippen LogP contribution in [0, 0.1) is 11.8 Å². The number of H-pyrrole nitrogens is 1. The van der Waals surface area contributed by atoms with Crippen LogP contribution in [-0.4, -0.2) is 28.6 Å². The number of amides is 1. The minimum atomic E-state index is -0.536. The monoisotopic (exact) mass is 377 g/mol. The van der Waals surface area contributed by atoms with Crippen molar-refractivity contribution in [3.63, 3.8) is 0 Å². The molecule has 2 aromatic carbocycles. The Bertz CT molecular complexity index is 1150. The number of carbonyl (C=O) groups excluding carboxylic acids is 1. The van der Waals surface area contributed by atoms with Crippen molar-refractivity contribution in [3.05, 3.63) is 75.6 Å². The molecule has 0 saturated carbocycles. The lowest BCUT2D eigenvalue weighted by atomic mass is 10.1. The van der Waals surface area contributed by atoms with Gasteiger partial charge in [0.15, 0.2) is 0 Å². The fraction of sp³-hybridized carbons (Fsp3) is 0.190. The van der Waals surface area contributed by atoms with E-state index in [0.717, 1.165) is 16.5 Å². The maximum atomic E-state index is 11.8. The van der Waals surface area contributed by atoms with Crippen LogP contribution >= 0.6 is 0 Å². The van der Waals surface area contributed by atoms with Crippen molar-refractivity contribution in [3.8, 4) is 17.6 Å². The summed E-state index contributed by atoms with van der Waals surface area (Å²) in [7, 11) is 0. The predicted octanol–water partition coefficient (Wildman–Crippen LogP) is 1.28. The molecule has 0 unspecified atom stereocenters. The van der Waals surface area contributed by atoms with Crippen LogP contribution in [0.25, 0.3) is 10.8 Å². The first-order valence-corrected chi connectivity index (χ1v) is 8.76. The van der Waals surface area contributed by atoms with Gasteiger partial charge in [-0.3, -0.25) is 14.6 Å². The lowest BCUT2D eigenvalue weighted by molar-refractivity contribution is -0.121. The van der Waals surface area contributed by atoms with Crippen LogP contribution in [-0.2, 0) is 11.3 Å². The summed E-state index contributed by atoms with van der Waals surface area (Å²) in [4.78, 5) is 36.4. The van der Waals surface area contributed by atoms with Gasteiger partial charge >= 0.3 is 5.69 Å². The third-order valence-electron chi connectivity index (χ3n) is 4.03. The Morgan fingerprint density at radius 3 is 2.75 bits per heavy atom. The van der Waals surface area contributed by atoms with E-state index in [1.54, 1.807) is 0 Å². The van der Waals surface area contributed by atoms with E-state index in [0.29, 0.717) is 0 Å². The van der Waals surface area contributed by atoms with Gasteiger partial charge in [0.2, 0.25) is 5.91 Å².